The first kappa shape index (κ1) is 23.9. The van der Waals surface area contributed by atoms with Crippen LogP contribution in [-0.4, -0.2) is 24.2 Å². The molecule has 0 aliphatic heterocycles. The molecule has 0 aliphatic rings. The van der Waals surface area contributed by atoms with E-state index >= 15 is 0 Å². The normalized spacial score (nSPS) is 10.2. The molecule has 0 saturated carbocycles. The lowest BCUT2D eigenvalue weighted by atomic mass is 10.0. The number of ether oxygens (including phenoxy) is 2. The molecule has 3 N–H and O–H groups in total. The van der Waals surface area contributed by atoms with Crippen LogP contribution in [0.2, 0.25) is 0 Å². The molecule has 1 heterocycles. The van der Waals surface area contributed by atoms with Gasteiger partial charge in [0.15, 0.2) is 23.1 Å². The Morgan fingerprint density at radius 2 is 1.55 bits per heavy atom. The van der Waals surface area contributed by atoms with E-state index in [1.807, 2.05) is 32.9 Å². The van der Waals surface area contributed by atoms with E-state index in [9.17, 15) is 8.78 Å². The van der Waals surface area contributed by atoms with E-state index in [0.717, 1.165) is 16.8 Å². The fraction of sp³-hybridized carbons (Fsp3) is 0.304. The van der Waals surface area contributed by atoms with Crippen molar-refractivity contribution in [3.8, 4) is 11.5 Å². The number of nitrogens with two attached hydrogens (primary N) is 1. The molecule has 31 heavy (non-hydrogen) atoms. The number of nitrogen functional groups attached to an aromatic ring is 1. The van der Waals surface area contributed by atoms with Gasteiger partial charge in [-0.3, -0.25) is 0 Å². The van der Waals surface area contributed by atoms with E-state index in [2.05, 4.69) is 15.3 Å². The summed E-state index contributed by atoms with van der Waals surface area (Å²) in [5.74, 6) is -1.22. The zero-order valence-corrected chi connectivity index (χ0v) is 18.4. The van der Waals surface area contributed by atoms with E-state index in [-0.39, 0.29) is 23.5 Å². The summed E-state index contributed by atoms with van der Waals surface area (Å²) in [6.45, 7) is 5.93. The van der Waals surface area contributed by atoms with Crippen molar-refractivity contribution in [3.63, 3.8) is 0 Å². The van der Waals surface area contributed by atoms with Gasteiger partial charge in [0, 0.05) is 24.0 Å². The summed E-state index contributed by atoms with van der Waals surface area (Å²) in [7, 11) is 2.64. The van der Waals surface area contributed by atoms with Gasteiger partial charge in [-0.25, -0.2) is 18.7 Å². The quantitative estimate of drug-likeness (QED) is 0.500. The molecular formula is C23H28F2N4O2. The summed E-state index contributed by atoms with van der Waals surface area (Å²) >= 11 is 0. The maximum Gasteiger partial charge on any atom is 0.227 e. The number of anilines is 3. The number of halogens is 2. The van der Waals surface area contributed by atoms with Crippen molar-refractivity contribution in [1.82, 2.24) is 9.97 Å². The number of nitrogens with one attached hydrogen (secondary N) is 1. The van der Waals surface area contributed by atoms with Crippen molar-refractivity contribution in [3.05, 3.63) is 65.0 Å². The first-order valence-corrected chi connectivity index (χ1v) is 9.96. The summed E-state index contributed by atoms with van der Waals surface area (Å²) in [6, 6.07) is 6.77. The molecule has 0 spiro atoms. The molecule has 0 amide bonds. The Morgan fingerprint density at radius 3 is 2.06 bits per heavy atom. The lowest BCUT2D eigenvalue weighted by Gasteiger charge is -2.13. The van der Waals surface area contributed by atoms with Crippen molar-refractivity contribution < 1.29 is 18.3 Å². The summed E-state index contributed by atoms with van der Waals surface area (Å²) in [6.07, 6.45) is 3.66. The molecule has 6 nitrogen and oxygen atoms in total. The Kier molecular flexibility index (Phi) is 8.54. The predicted molar refractivity (Wildman–Crippen MR) is 119 cm³/mol. The van der Waals surface area contributed by atoms with Crippen LogP contribution in [-0.2, 0) is 12.8 Å². The van der Waals surface area contributed by atoms with Crippen molar-refractivity contribution in [2.75, 3.05) is 25.3 Å². The number of methoxy groups -OCH3 is 2. The maximum atomic E-state index is 14.5. The molecule has 2 aromatic carbocycles. The molecular weight excluding hydrogens is 402 g/mol. The molecule has 0 atom stereocenters. The summed E-state index contributed by atoms with van der Waals surface area (Å²) in [4.78, 5) is 8.53. The van der Waals surface area contributed by atoms with Gasteiger partial charge in [0.25, 0.3) is 0 Å². The Hall–Kier alpha value is -3.42. The Labute approximate surface area is 181 Å². The largest absolute Gasteiger partial charge is 0.494 e. The van der Waals surface area contributed by atoms with Crippen LogP contribution in [0.1, 0.15) is 30.5 Å². The molecule has 0 unspecified atom stereocenters. The third-order valence-corrected chi connectivity index (χ3v) is 4.58. The van der Waals surface area contributed by atoms with Crippen LogP contribution in [0.15, 0.2) is 36.7 Å². The van der Waals surface area contributed by atoms with E-state index in [1.54, 1.807) is 18.5 Å². The van der Waals surface area contributed by atoms with Crippen molar-refractivity contribution in [2.45, 2.75) is 33.6 Å². The number of nitrogens with zero attached hydrogens (tertiary/aromatic N) is 2. The van der Waals surface area contributed by atoms with Crippen LogP contribution in [0.3, 0.4) is 0 Å². The molecule has 0 saturated heterocycles. The highest BCUT2D eigenvalue weighted by atomic mass is 19.1. The first-order chi connectivity index (χ1) is 14.9. The second-order valence-electron chi connectivity index (χ2n) is 6.47. The second-order valence-corrected chi connectivity index (χ2v) is 6.47. The van der Waals surface area contributed by atoms with Crippen molar-refractivity contribution in [1.29, 1.82) is 0 Å². The minimum absolute atomic E-state index is 0.0649. The van der Waals surface area contributed by atoms with Gasteiger partial charge in [-0.1, -0.05) is 26.0 Å². The first-order valence-electron chi connectivity index (χ1n) is 9.96. The highest BCUT2D eigenvalue weighted by Gasteiger charge is 2.19. The molecule has 8 heteroatoms. The highest BCUT2D eigenvalue weighted by molar-refractivity contribution is 5.73. The monoisotopic (exact) mass is 430 g/mol. The molecule has 3 aromatic rings. The highest BCUT2D eigenvalue weighted by Crippen LogP contribution is 2.32. The minimum Gasteiger partial charge on any atom is -0.494 e. The van der Waals surface area contributed by atoms with Crippen LogP contribution < -0.4 is 20.5 Å². The second kappa shape index (κ2) is 11.1. The topological polar surface area (TPSA) is 82.3 Å². The Morgan fingerprint density at radius 1 is 0.968 bits per heavy atom. The summed E-state index contributed by atoms with van der Waals surface area (Å²) in [5.41, 5.74) is 8.91. The minimum atomic E-state index is -0.736. The number of rotatable bonds is 7. The zero-order valence-electron chi connectivity index (χ0n) is 18.4. The third-order valence-electron chi connectivity index (χ3n) is 4.58. The fourth-order valence-corrected chi connectivity index (χ4v) is 2.95. The van der Waals surface area contributed by atoms with Gasteiger partial charge in [-0.15, -0.1) is 0 Å². The average molecular weight is 430 g/mol. The molecule has 0 aliphatic carbocycles. The fourth-order valence-electron chi connectivity index (χ4n) is 2.95. The van der Waals surface area contributed by atoms with Crippen LogP contribution in [0.5, 0.6) is 11.5 Å². The van der Waals surface area contributed by atoms with Gasteiger partial charge in [0.05, 0.1) is 25.6 Å². The predicted octanol–water partition coefficient (Wildman–Crippen LogP) is 5.22. The van der Waals surface area contributed by atoms with Gasteiger partial charge < -0.3 is 20.5 Å². The molecule has 1 aromatic heterocycles. The number of aromatic nitrogens is 2. The van der Waals surface area contributed by atoms with Gasteiger partial charge in [0.2, 0.25) is 5.95 Å². The molecule has 0 fully saturated rings. The number of aryl methyl sites for hydroxylation is 2. The maximum absolute atomic E-state index is 14.5. The van der Waals surface area contributed by atoms with Crippen LogP contribution in [0, 0.1) is 18.6 Å². The van der Waals surface area contributed by atoms with Crippen LogP contribution in [0.4, 0.5) is 26.1 Å². The number of benzene rings is 2. The smallest absolute Gasteiger partial charge is 0.227 e. The van der Waals surface area contributed by atoms with E-state index < -0.39 is 11.6 Å². The average Bonchev–Trinajstić information content (AvgIpc) is 2.79. The molecule has 0 bridgehead atoms. The van der Waals surface area contributed by atoms with E-state index in [0.29, 0.717) is 18.1 Å². The number of para-hydroxylation sites is 1. The number of hydrogen-bond acceptors (Lipinski definition) is 6. The summed E-state index contributed by atoms with van der Waals surface area (Å²) in [5, 5.41) is 3.09. The van der Waals surface area contributed by atoms with Gasteiger partial charge in [-0.05, 0) is 37.0 Å². The van der Waals surface area contributed by atoms with Gasteiger partial charge in [-0.2, -0.15) is 0 Å². The van der Waals surface area contributed by atoms with Gasteiger partial charge >= 0.3 is 0 Å². The van der Waals surface area contributed by atoms with E-state index in [4.69, 9.17) is 15.2 Å². The molecule has 3 rings (SSSR count). The van der Waals surface area contributed by atoms with Gasteiger partial charge in [0.1, 0.15) is 0 Å². The summed E-state index contributed by atoms with van der Waals surface area (Å²) < 4.78 is 38.8. The standard InChI is InChI=1S/C21H22F2N4O2.C2H6/c1-12-5-4-6-15(24)20(12)27-21-25-10-13(11-26-21)7-8-14-18(22)16(28-2)9-17(29-3)19(14)23;1-2/h4-6,9-11H,7-8,24H2,1-3H3,(H,25,26,27);1-2H3. The lowest BCUT2D eigenvalue weighted by molar-refractivity contribution is 0.353. The Bertz CT molecular complexity index is 963. The van der Waals surface area contributed by atoms with Crippen molar-refractivity contribution in [2.24, 2.45) is 0 Å². The third kappa shape index (κ3) is 5.59. The number of hydrogen-bond donors (Lipinski definition) is 2. The van der Waals surface area contributed by atoms with Crippen LogP contribution >= 0.6 is 0 Å². The SMILES string of the molecule is CC.COc1cc(OC)c(F)c(CCc2cnc(Nc3c(C)cccc3N)nc2)c1F. The molecule has 166 valence electrons. The van der Waals surface area contributed by atoms with Crippen molar-refractivity contribution >= 4 is 17.3 Å². The Balaban J connectivity index is 0.00000166. The van der Waals surface area contributed by atoms with Crippen LogP contribution in [0.25, 0.3) is 0 Å². The molecule has 0 radical (unpaired) electrons. The van der Waals surface area contributed by atoms with E-state index in [1.165, 1.54) is 20.3 Å². The lowest BCUT2D eigenvalue weighted by Crippen LogP contribution is -2.05. The zero-order chi connectivity index (χ0) is 23.0.